The highest BCUT2D eigenvalue weighted by Crippen LogP contribution is 2.27. The Morgan fingerprint density at radius 3 is 2.68 bits per heavy atom. The molecule has 2 aliphatic heterocycles. The van der Waals surface area contributed by atoms with Gasteiger partial charge in [0.25, 0.3) is 0 Å². The highest BCUT2D eigenvalue weighted by atomic mass is 16.5. The molecule has 1 fully saturated rings. The molecule has 2 aromatic rings. The minimum absolute atomic E-state index is 0.771. The van der Waals surface area contributed by atoms with Crippen LogP contribution in [0.5, 0.6) is 0 Å². The van der Waals surface area contributed by atoms with Crippen LogP contribution in [0, 0.1) is 0 Å². The second-order valence-corrected chi connectivity index (χ2v) is 5.69. The summed E-state index contributed by atoms with van der Waals surface area (Å²) in [7, 11) is 0. The zero-order chi connectivity index (χ0) is 14.8. The Labute approximate surface area is 130 Å². The van der Waals surface area contributed by atoms with Crippen molar-refractivity contribution in [2.45, 2.75) is 13.0 Å². The zero-order valence-corrected chi connectivity index (χ0v) is 12.6. The molecule has 3 heterocycles. The first-order valence-electron chi connectivity index (χ1n) is 7.90. The lowest BCUT2D eigenvalue weighted by Gasteiger charge is -2.31. The topological polar surface area (TPSA) is 50.3 Å². The monoisotopic (exact) mass is 296 g/mol. The van der Waals surface area contributed by atoms with Crippen molar-refractivity contribution in [1.29, 1.82) is 0 Å². The fourth-order valence-electron chi connectivity index (χ4n) is 3.08. The smallest absolute Gasteiger partial charge is 0.161 e. The highest BCUT2D eigenvalue weighted by Gasteiger charge is 2.23. The molecule has 1 saturated heterocycles. The van der Waals surface area contributed by atoms with Gasteiger partial charge in [0.2, 0.25) is 0 Å². The summed E-state index contributed by atoms with van der Waals surface area (Å²) in [5.41, 5.74) is 3.53. The van der Waals surface area contributed by atoms with Crippen molar-refractivity contribution in [1.82, 2.24) is 15.3 Å². The van der Waals surface area contributed by atoms with Gasteiger partial charge in [-0.25, -0.2) is 9.97 Å². The molecule has 0 aliphatic carbocycles. The van der Waals surface area contributed by atoms with Crippen molar-refractivity contribution >= 4 is 5.82 Å². The molecule has 114 valence electrons. The maximum atomic E-state index is 5.48. The Kier molecular flexibility index (Phi) is 3.74. The van der Waals surface area contributed by atoms with Crippen molar-refractivity contribution in [3.05, 3.63) is 41.6 Å². The molecule has 2 aliphatic rings. The van der Waals surface area contributed by atoms with E-state index >= 15 is 0 Å². The number of hydrogen-bond acceptors (Lipinski definition) is 5. The highest BCUT2D eigenvalue weighted by molar-refractivity contribution is 5.61. The van der Waals surface area contributed by atoms with E-state index in [4.69, 9.17) is 14.7 Å². The maximum absolute atomic E-state index is 5.48. The summed E-state index contributed by atoms with van der Waals surface area (Å²) < 4.78 is 5.48. The van der Waals surface area contributed by atoms with Crippen LogP contribution in [0.3, 0.4) is 0 Å². The molecule has 1 aromatic heterocycles. The number of nitrogens with zero attached hydrogens (tertiary/aromatic N) is 3. The normalized spacial score (nSPS) is 18.1. The van der Waals surface area contributed by atoms with Crippen LogP contribution >= 0.6 is 0 Å². The van der Waals surface area contributed by atoms with E-state index in [0.717, 1.165) is 63.0 Å². The predicted molar refractivity (Wildman–Crippen MR) is 85.9 cm³/mol. The second kappa shape index (κ2) is 6.02. The van der Waals surface area contributed by atoms with Crippen molar-refractivity contribution in [3.63, 3.8) is 0 Å². The van der Waals surface area contributed by atoms with Gasteiger partial charge >= 0.3 is 0 Å². The fraction of sp³-hybridized carbons (Fsp3) is 0.412. The third-order valence-corrected chi connectivity index (χ3v) is 4.25. The molecule has 0 atom stereocenters. The summed E-state index contributed by atoms with van der Waals surface area (Å²) in [5, 5.41) is 3.44. The minimum Gasteiger partial charge on any atom is -0.378 e. The molecule has 4 rings (SSSR count). The van der Waals surface area contributed by atoms with Crippen molar-refractivity contribution in [3.8, 4) is 11.4 Å². The summed E-state index contributed by atoms with van der Waals surface area (Å²) in [6, 6.07) is 10.2. The Balaban J connectivity index is 1.80. The van der Waals surface area contributed by atoms with E-state index in [1.165, 1.54) is 11.3 Å². The second-order valence-electron chi connectivity index (χ2n) is 5.69. The fourth-order valence-corrected chi connectivity index (χ4v) is 3.08. The Morgan fingerprint density at radius 1 is 1.05 bits per heavy atom. The number of nitrogens with one attached hydrogen (secondary N) is 1. The maximum Gasteiger partial charge on any atom is 0.161 e. The summed E-state index contributed by atoms with van der Waals surface area (Å²) in [5.74, 6) is 1.92. The summed E-state index contributed by atoms with van der Waals surface area (Å²) >= 11 is 0. The van der Waals surface area contributed by atoms with Crippen molar-refractivity contribution in [2.24, 2.45) is 0 Å². The zero-order valence-electron chi connectivity index (χ0n) is 12.6. The van der Waals surface area contributed by atoms with Crippen LogP contribution in [0.1, 0.15) is 11.3 Å². The minimum atomic E-state index is 0.771. The average Bonchev–Trinajstić information content (AvgIpc) is 2.62. The van der Waals surface area contributed by atoms with E-state index in [9.17, 15) is 0 Å². The quantitative estimate of drug-likeness (QED) is 0.913. The number of aromatic nitrogens is 2. The van der Waals surface area contributed by atoms with E-state index in [0.29, 0.717) is 0 Å². The number of ether oxygens (including phenoxy) is 1. The summed E-state index contributed by atoms with van der Waals surface area (Å²) in [4.78, 5) is 12.1. The predicted octanol–water partition coefficient (Wildman–Crippen LogP) is 1.63. The van der Waals surface area contributed by atoms with Crippen LogP contribution in [0.4, 0.5) is 5.82 Å². The Hall–Kier alpha value is -1.98. The van der Waals surface area contributed by atoms with Gasteiger partial charge in [0.05, 0.1) is 18.9 Å². The number of hydrogen-bond donors (Lipinski definition) is 1. The van der Waals surface area contributed by atoms with Gasteiger partial charge in [-0.3, -0.25) is 0 Å². The largest absolute Gasteiger partial charge is 0.378 e. The number of anilines is 1. The molecule has 0 saturated carbocycles. The van der Waals surface area contributed by atoms with Crippen LogP contribution in [0.25, 0.3) is 11.4 Å². The average molecular weight is 296 g/mol. The lowest BCUT2D eigenvalue weighted by atomic mass is 10.1. The van der Waals surface area contributed by atoms with Crippen LogP contribution in [-0.2, 0) is 17.7 Å². The van der Waals surface area contributed by atoms with Crippen molar-refractivity contribution < 1.29 is 4.74 Å². The number of morpholine rings is 1. The van der Waals surface area contributed by atoms with Gasteiger partial charge in [0.1, 0.15) is 5.82 Å². The molecule has 5 heteroatoms. The van der Waals surface area contributed by atoms with Gasteiger partial charge in [-0.15, -0.1) is 0 Å². The van der Waals surface area contributed by atoms with E-state index in [2.05, 4.69) is 22.3 Å². The first kappa shape index (κ1) is 13.7. The lowest BCUT2D eigenvalue weighted by Crippen LogP contribution is -2.39. The Bertz CT molecular complexity index is 653. The molecule has 0 spiro atoms. The van der Waals surface area contributed by atoms with Gasteiger partial charge in [0, 0.05) is 43.7 Å². The van der Waals surface area contributed by atoms with E-state index < -0.39 is 0 Å². The molecule has 0 radical (unpaired) electrons. The molecular weight excluding hydrogens is 276 g/mol. The van der Waals surface area contributed by atoms with Gasteiger partial charge in [-0.2, -0.15) is 0 Å². The third kappa shape index (κ3) is 2.58. The molecule has 0 bridgehead atoms. The van der Waals surface area contributed by atoms with E-state index in [1.54, 1.807) is 0 Å². The van der Waals surface area contributed by atoms with E-state index in [-0.39, 0.29) is 0 Å². The van der Waals surface area contributed by atoms with Gasteiger partial charge in [-0.05, 0) is 0 Å². The van der Waals surface area contributed by atoms with Crippen molar-refractivity contribution in [2.75, 3.05) is 37.7 Å². The molecule has 22 heavy (non-hydrogen) atoms. The SMILES string of the molecule is c1ccc(-c2nc3c(c(N4CCOCC4)n2)CNCC3)cc1. The first-order chi connectivity index (χ1) is 10.9. The van der Waals surface area contributed by atoms with Gasteiger partial charge in [-0.1, -0.05) is 30.3 Å². The van der Waals surface area contributed by atoms with Gasteiger partial charge in [0.15, 0.2) is 5.82 Å². The molecule has 1 aromatic carbocycles. The third-order valence-electron chi connectivity index (χ3n) is 4.25. The van der Waals surface area contributed by atoms with Crippen LogP contribution < -0.4 is 10.2 Å². The van der Waals surface area contributed by atoms with E-state index in [1.807, 2.05) is 18.2 Å². The molecule has 5 nitrogen and oxygen atoms in total. The number of benzene rings is 1. The summed E-state index contributed by atoms with van der Waals surface area (Å²) in [6.07, 6.45) is 0.967. The van der Waals surface area contributed by atoms with Crippen LogP contribution in [-0.4, -0.2) is 42.8 Å². The van der Waals surface area contributed by atoms with Gasteiger partial charge < -0.3 is 15.0 Å². The molecule has 0 amide bonds. The molecule has 0 unspecified atom stereocenters. The lowest BCUT2D eigenvalue weighted by molar-refractivity contribution is 0.122. The van der Waals surface area contributed by atoms with Crippen LogP contribution in [0.2, 0.25) is 0 Å². The Morgan fingerprint density at radius 2 is 1.86 bits per heavy atom. The molecule has 1 N–H and O–H groups in total. The molecular formula is C17H20N4O. The standard InChI is InChI=1S/C17H20N4O/c1-2-4-13(5-3-1)16-19-15-6-7-18-12-14(15)17(20-16)21-8-10-22-11-9-21/h1-5,18H,6-12H2. The number of fused-ring (bicyclic) bond motifs is 1. The summed E-state index contributed by atoms with van der Waals surface area (Å²) in [6.45, 7) is 5.19. The van der Waals surface area contributed by atoms with Crippen LogP contribution in [0.15, 0.2) is 30.3 Å². The first-order valence-corrected chi connectivity index (χ1v) is 7.90. The number of rotatable bonds is 2.